The van der Waals surface area contributed by atoms with E-state index in [1.54, 1.807) is 33.9 Å². The van der Waals surface area contributed by atoms with Crippen LogP contribution in [-0.4, -0.2) is 57.3 Å². The Bertz CT molecular complexity index is 1430. The number of aromatic nitrogens is 2. The van der Waals surface area contributed by atoms with Gasteiger partial charge in [-0.1, -0.05) is 81.5 Å². The third-order valence-corrected chi connectivity index (χ3v) is 9.53. The van der Waals surface area contributed by atoms with Crippen LogP contribution < -0.4 is 0 Å². The molecule has 37 heavy (non-hydrogen) atoms. The van der Waals surface area contributed by atoms with Crippen LogP contribution in [0.3, 0.4) is 0 Å². The summed E-state index contributed by atoms with van der Waals surface area (Å²) in [5, 5.41) is 4.81. The highest BCUT2D eigenvalue weighted by Crippen LogP contribution is 2.35. The minimum Gasteiger partial charge on any atom is -0.293 e. The fourth-order valence-electron chi connectivity index (χ4n) is 4.10. The zero-order chi connectivity index (χ0) is 26.6. The third kappa shape index (κ3) is 5.72. The molecule has 194 valence electrons. The molecule has 3 aromatic rings. The molecule has 2 heterocycles. The lowest BCUT2D eigenvalue weighted by Crippen LogP contribution is -2.30. The normalized spacial score (nSPS) is 15.4. The van der Waals surface area contributed by atoms with E-state index in [4.69, 9.17) is 17.3 Å². The van der Waals surface area contributed by atoms with Gasteiger partial charge in [0, 0.05) is 37.0 Å². The number of thioether (sulfide) groups is 1. The maximum absolute atomic E-state index is 13.2. The standard InChI is InChI=1S/C27H30N4O3S3/c1-4-7-16-30-26(32)24(36-27(30)35)18-21-19-31(22-13-9-8-10-14-22)28-25(21)20-12-11-15-23(17-20)37(33,34)29(5-2)6-3/h8-15,17-19H,4-7,16H2,1-3H3/b24-18-. The third-order valence-electron chi connectivity index (χ3n) is 6.11. The summed E-state index contributed by atoms with van der Waals surface area (Å²) in [6.07, 6.45) is 5.51. The second-order valence-corrected chi connectivity index (χ2v) is 12.1. The van der Waals surface area contributed by atoms with Crippen molar-refractivity contribution in [2.24, 2.45) is 0 Å². The Morgan fingerprint density at radius 2 is 1.78 bits per heavy atom. The molecule has 0 radical (unpaired) electrons. The zero-order valence-corrected chi connectivity index (χ0v) is 23.6. The fourth-order valence-corrected chi connectivity index (χ4v) is 6.90. The minimum absolute atomic E-state index is 0.111. The van der Waals surface area contributed by atoms with E-state index in [1.165, 1.54) is 16.1 Å². The number of para-hydroxylation sites is 1. The zero-order valence-electron chi connectivity index (χ0n) is 21.1. The number of benzene rings is 2. The van der Waals surface area contributed by atoms with Crippen molar-refractivity contribution < 1.29 is 13.2 Å². The second-order valence-electron chi connectivity index (χ2n) is 8.52. The van der Waals surface area contributed by atoms with Crippen molar-refractivity contribution in [3.8, 4) is 16.9 Å². The fraction of sp³-hybridized carbons (Fsp3) is 0.296. The van der Waals surface area contributed by atoms with E-state index in [9.17, 15) is 13.2 Å². The predicted octanol–water partition coefficient (Wildman–Crippen LogP) is 5.57. The van der Waals surface area contributed by atoms with Crippen LogP contribution in [0.2, 0.25) is 0 Å². The molecule has 0 unspecified atom stereocenters. The van der Waals surface area contributed by atoms with Crippen LogP contribution in [0.5, 0.6) is 0 Å². The highest BCUT2D eigenvalue weighted by atomic mass is 32.2. The van der Waals surface area contributed by atoms with Crippen LogP contribution in [0.25, 0.3) is 23.0 Å². The highest BCUT2D eigenvalue weighted by Gasteiger charge is 2.32. The summed E-state index contributed by atoms with van der Waals surface area (Å²) in [5.74, 6) is -0.111. The SMILES string of the molecule is CCCCN1C(=O)/C(=C/c2cn(-c3ccccc3)nc2-c2cccc(S(=O)(=O)N(CC)CC)c2)SC1=S. The molecule has 10 heteroatoms. The largest absolute Gasteiger partial charge is 0.293 e. The van der Waals surface area contributed by atoms with Crippen LogP contribution in [0.4, 0.5) is 0 Å². The van der Waals surface area contributed by atoms with Gasteiger partial charge in [0.15, 0.2) is 0 Å². The number of rotatable bonds is 10. The summed E-state index contributed by atoms with van der Waals surface area (Å²) in [4.78, 5) is 15.5. The highest BCUT2D eigenvalue weighted by molar-refractivity contribution is 8.26. The van der Waals surface area contributed by atoms with Gasteiger partial charge in [-0.25, -0.2) is 13.1 Å². The average molecular weight is 555 g/mol. The quantitative estimate of drug-likeness (QED) is 0.241. The van der Waals surface area contributed by atoms with Crippen molar-refractivity contribution in [2.45, 2.75) is 38.5 Å². The molecular weight excluding hydrogens is 525 g/mol. The van der Waals surface area contributed by atoms with Gasteiger partial charge in [-0.3, -0.25) is 9.69 Å². The smallest absolute Gasteiger partial charge is 0.266 e. The molecule has 1 amide bonds. The Balaban J connectivity index is 1.81. The lowest BCUT2D eigenvalue weighted by atomic mass is 10.1. The van der Waals surface area contributed by atoms with E-state index in [1.807, 2.05) is 56.4 Å². The van der Waals surface area contributed by atoms with Crippen LogP contribution in [-0.2, 0) is 14.8 Å². The second kappa shape index (κ2) is 11.7. The van der Waals surface area contributed by atoms with Gasteiger partial charge in [-0.15, -0.1) is 0 Å². The molecule has 4 rings (SSSR count). The first-order valence-electron chi connectivity index (χ1n) is 12.3. The first kappa shape index (κ1) is 27.3. The van der Waals surface area contributed by atoms with E-state index in [-0.39, 0.29) is 10.8 Å². The Hall–Kier alpha value is -2.79. The molecule has 0 atom stereocenters. The molecule has 1 aromatic heterocycles. The van der Waals surface area contributed by atoms with E-state index in [2.05, 4.69) is 6.92 Å². The van der Waals surface area contributed by atoms with Crippen molar-refractivity contribution in [3.63, 3.8) is 0 Å². The van der Waals surface area contributed by atoms with Gasteiger partial charge >= 0.3 is 0 Å². The maximum atomic E-state index is 13.2. The Labute approximate surface area is 228 Å². The molecule has 7 nitrogen and oxygen atoms in total. The van der Waals surface area contributed by atoms with E-state index < -0.39 is 10.0 Å². The lowest BCUT2D eigenvalue weighted by Gasteiger charge is -2.18. The Morgan fingerprint density at radius 3 is 2.46 bits per heavy atom. The number of carbonyl (C=O) groups excluding carboxylic acids is 1. The predicted molar refractivity (Wildman–Crippen MR) is 154 cm³/mol. The van der Waals surface area contributed by atoms with Gasteiger partial charge in [-0.05, 0) is 36.8 Å². The first-order valence-corrected chi connectivity index (χ1v) is 15.0. The molecule has 0 spiro atoms. The Kier molecular flexibility index (Phi) is 8.63. The Morgan fingerprint density at radius 1 is 1.05 bits per heavy atom. The molecule has 0 aliphatic carbocycles. The van der Waals surface area contributed by atoms with Gasteiger partial charge in [-0.2, -0.15) is 9.40 Å². The average Bonchev–Trinajstić information content (AvgIpc) is 3.44. The monoisotopic (exact) mass is 554 g/mol. The lowest BCUT2D eigenvalue weighted by molar-refractivity contribution is -0.122. The molecular formula is C27H30N4O3S3. The molecule has 0 N–H and O–H groups in total. The molecule has 1 aliphatic heterocycles. The van der Waals surface area contributed by atoms with Crippen LogP contribution in [0.1, 0.15) is 39.2 Å². The van der Waals surface area contributed by atoms with Crippen LogP contribution in [0.15, 0.2) is 70.6 Å². The van der Waals surface area contributed by atoms with Gasteiger partial charge in [0.05, 0.1) is 15.5 Å². The summed E-state index contributed by atoms with van der Waals surface area (Å²) in [6.45, 7) is 7.09. The van der Waals surface area contributed by atoms with Crippen molar-refractivity contribution >= 4 is 50.3 Å². The maximum Gasteiger partial charge on any atom is 0.266 e. The van der Waals surface area contributed by atoms with Crippen molar-refractivity contribution in [1.29, 1.82) is 0 Å². The van der Waals surface area contributed by atoms with Crippen molar-refractivity contribution in [1.82, 2.24) is 19.0 Å². The molecule has 0 saturated carbocycles. The number of hydrogen-bond acceptors (Lipinski definition) is 6. The summed E-state index contributed by atoms with van der Waals surface area (Å²) in [6, 6.07) is 16.5. The van der Waals surface area contributed by atoms with Gasteiger partial charge < -0.3 is 0 Å². The number of nitrogens with zero attached hydrogens (tertiary/aromatic N) is 4. The number of hydrogen-bond donors (Lipinski definition) is 0. The van der Waals surface area contributed by atoms with Crippen molar-refractivity contribution in [3.05, 3.63) is 71.3 Å². The molecule has 0 bridgehead atoms. The minimum atomic E-state index is -3.64. The van der Waals surface area contributed by atoms with Crippen LogP contribution in [0, 0.1) is 0 Å². The summed E-state index contributed by atoms with van der Waals surface area (Å²) in [7, 11) is -3.64. The molecule has 1 saturated heterocycles. The number of carbonyl (C=O) groups is 1. The molecule has 1 fully saturated rings. The topological polar surface area (TPSA) is 75.5 Å². The van der Waals surface area contributed by atoms with Gasteiger partial charge in [0.25, 0.3) is 5.91 Å². The molecule has 1 aliphatic rings. The summed E-state index contributed by atoms with van der Waals surface area (Å²) >= 11 is 6.76. The number of thiocarbonyl (C=S) groups is 1. The van der Waals surface area contributed by atoms with E-state index >= 15 is 0 Å². The molecule has 2 aromatic carbocycles. The number of amides is 1. The van der Waals surface area contributed by atoms with Gasteiger partial charge in [0.2, 0.25) is 10.0 Å². The first-order chi connectivity index (χ1) is 17.8. The number of unbranched alkanes of at least 4 members (excludes halogenated alkanes) is 1. The van der Waals surface area contributed by atoms with E-state index in [0.717, 1.165) is 18.5 Å². The van der Waals surface area contributed by atoms with Crippen LogP contribution >= 0.6 is 24.0 Å². The number of sulfonamides is 1. The summed E-state index contributed by atoms with van der Waals surface area (Å²) < 4.78 is 30.1. The van der Waals surface area contributed by atoms with Gasteiger partial charge in [0.1, 0.15) is 10.0 Å². The van der Waals surface area contributed by atoms with E-state index in [0.29, 0.717) is 45.7 Å². The van der Waals surface area contributed by atoms with Crippen molar-refractivity contribution in [2.75, 3.05) is 19.6 Å². The summed E-state index contributed by atoms with van der Waals surface area (Å²) in [5.41, 5.74) is 2.79.